The van der Waals surface area contributed by atoms with Crippen molar-refractivity contribution in [2.75, 3.05) is 18.6 Å². The van der Waals surface area contributed by atoms with Gasteiger partial charge in [0.25, 0.3) is 0 Å². The highest BCUT2D eigenvalue weighted by molar-refractivity contribution is 5.95. The van der Waals surface area contributed by atoms with Crippen LogP contribution in [-0.4, -0.2) is 25.2 Å². The number of nitrogens with zero attached hydrogens (tertiary/aromatic N) is 1. The number of benzene rings is 1. The molecule has 0 aliphatic carbocycles. The molecule has 1 heterocycles. The average molecular weight is 262 g/mol. The number of hydrogen-bond acceptors (Lipinski definition) is 3. The monoisotopic (exact) mass is 262 g/mol. The van der Waals surface area contributed by atoms with Gasteiger partial charge in [-0.2, -0.15) is 0 Å². The maximum Gasteiger partial charge on any atom is 0.229 e. The van der Waals surface area contributed by atoms with Crippen LogP contribution in [0.25, 0.3) is 0 Å². The molecule has 0 aromatic heterocycles. The topological polar surface area (TPSA) is 55.6 Å². The molecule has 0 fully saturated rings. The summed E-state index contributed by atoms with van der Waals surface area (Å²) < 4.78 is 5.34. The van der Waals surface area contributed by atoms with Crippen molar-refractivity contribution in [3.05, 3.63) is 29.8 Å². The van der Waals surface area contributed by atoms with Crippen LogP contribution in [0.3, 0.4) is 0 Å². The van der Waals surface area contributed by atoms with Crippen LogP contribution in [0.1, 0.15) is 38.3 Å². The zero-order valence-corrected chi connectivity index (χ0v) is 11.8. The van der Waals surface area contributed by atoms with Crippen molar-refractivity contribution in [1.29, 1.82) is 0 Å². The first-order valence-corrected chi connectivity index (χ1v) is 6.64. The molecule has 2 rings (SSSR count). The smallest absolute Gasteiger partial charge is 0.229 e. The fraction of sp³-hybridized carbons (Fsp3) is 0.533. The van der Waals surface area contributed by atoms with Gasteiger partial charge in [0.05, 0.1) is 12.0 Å². The molecule has 0 radical (unpaired) electrons. The third kappa shape index (κ3) is 2.96. The van der Waals surface area contributed by atoms with Gasteiger partial charge in [0.15, 0.2) is 0 Å². The highest BCUT2D eigenvalue weighted by Crippen LogP contribution is 2.33. The molecule has 2 N–H and O–H groups in total. The molecule has 1 atom stereocenters. The Morgan fingerprint density at radius 1 is 1.47 bits per heavy atom. The van der Waals surface area contributed by atoms with Gasteiger partial charge in [0.1, 0.15) is 0 Å². The van der Waals surface area contributed by atoms with E-state index in [9.17, 15) is 4.79 Å². The molecule has 1 aliphatic rings. The van der Waals surface area contributed by atoms with Gasteiger partial charge in [-0.15, -0.1) is 0 Å². The second kappa shape index (κ2) is 5.31. The number of hydrogen-bond donors (Lipinski definition) is 1. The molecule has 19 heavy (non-hydrogen) atoms. The Hall–Kier alpha value is -1.39. The second-order valence-corrected chi connectivity index (χ2v) is 5.64. The SMILES string of the molecule is COC(C)(C)CC(=O)N1CCC(N)c2ccccc21. The van der Waals surface area contributed by atoms with Gasteiger partial charge >= 0.3 is 0 Å². The molecule has 0 bridgehead atoms. The van der Waals surface area contributed by atoms with Crippen molar-refractivity contribution in [2.45, 2.75) is 38.3 Å². The highest BCUT2D eigenvalue weighted by Gasteiger charge is 2.30. The molecular formula is C15H22N2O2. The maximum atomic E-state index is 12.4. The molecule has 104 valence electrons. The predicted molar refractivity (Wildman–Crippen MR) is 76.0 cm³/mol. The molecule has 4 heteroatoms. The lowest BCUT2D eigenvalue weighted by Crippen LogP contribution is -2.41. The summed E-state index contributed by atoms with van der Waals surface area (Å²) >= 11 is 0. The molecule has 0 saturated carbocycles. The van der Waals surface area contributed by atoms with Gasteiger partial charge in [-0.05, 0) is 31.9 Å². The van der Waals surface area contributed by atoms with Crippen LogP contribution in [0.15, 0.2) is 24.3 Å². The van der Waals surface area contributed by atoms with Crippen LogP contribution < -0.4 is 10.6 Å². The quantitative estimate of drug-likeness (QED) is 0.909. The van der Waals surface area contributed by atoms with Gasteiger partial charge in [0.2, 0.25) is 5.91 Å². The number of carbonyl (C=O) groups excluding carboxylic acids is 1. The lowest BCUT2D eigenvalue weighted by Gasteiger charge is -2.34. The standard InChI is InChI=1S/C15H22N2O2/c1-15(2,19-3)10-14(18)17-9-8-12(16)11-6-4-5-7-13(11)17/h4-7,12H,8-10,16H2,1-3H3. The van der Waals surface area contributed by atoms with Crippen molar-refractivity contribution < 1.29 is 9.53 Å². The van der Waals surface area contributed by atoms with Gasteiger partial charge in [0, 0.05) is 25.4 Å². The minimum absolute atomic E-state index is 0.0238. The Morgan fingerprint density at radius 2 is 2.16 bits per heavy atom. The number of carbonyl (C=O) groups is 1. The van der Waals surface area contributed by atoms with E-state index in [1.165, 1.54) is 0 Å². The highest BCUT2D eigenvalue weighted by atomic mass is 16.5. The first-order valence-electron chi connectivity index (χ1n) is 6.64. The summed E-state index contributed by atoms with van der Waals surface area (Å²) in [6.07, 6.45) is 1.17. The van der Waals surface area contributed by atoms with E-state index < -0.39 is 5.60 Å². The zero-order valence-electron chi connectivity index (χ0n) is 11.8. The number of rotatable bonds is 3. The Kier molecular flexibility index (Phi) is 3.92. The fourth-order valence-corrected chi connectivity index (χ4v) is 2.38. The van der Waals surface area contributed by atoms with Gasteiger partial charge in [-0.1, -0.05) is 18.2 Å². The fourth-order valence-electron chi connectivity index (χ4n) is 2.38. The van der Waals surface area contributed by atoms with E-state index in [2.05, 4.69) is 0 Å². The normalized spacial score (nSPS) is 19.2. The molecule has 1 aromatic rings. The van der Waals surface area contributed by atoms with Crippen molar-refractivity contribution >= 4 is 11.6 Å². The average Bonchev–Trinajstić information content (AvgIpc) is 2.39. The largest absolute Gasteiger partial charge is 0.378 e. The number of amides is 1. The van der Waals surface area contributed by atoms with Crippen molar-refractivity contribution in [3.8, 4) is 0 Å². The number of anilines is 1. The molecule has 4 nitrogen and oxygen atoms in total. The van der Waals surface area contributed by atoms with Crippen LogP contribution in [0.5, 0.6) is 0 Å². The lowest BCUT2D eigenvalue weighted by molar-refractivity contribution is -0.123. The molecule has 0 saturated heterocycles. The van der Waals surface area contributed by atoms with E-state index in [1.807, 2.05) is 43.0 Å². The Labute approximate surface area is 114 Å². The van der Waals surface area contributed by atoms with Crippen LogP contribution in [0.4, 0.5) is 5.69 Å². The van der Waals surface area contributed by atoms with Gasteiger partial charge in [-0.3, -0.25) is 4.79 Å². The molecule has 0 spiro atoms. The summed E-state index contributed by atoms with van der Waals surface area (Å²) in [5.41, 5.74) is 7.66. The number of nitrogens with two attached hydrogens (primary N) is 1. The van der Waals surface area contributed by atoms with E-state index in [0.29, 0.717) is 13.0 Å². The van der Waals surface area contributed by atoms with E-state index in [1.54, 1.807) is 7.11 Å². The summed E-state index contributed by atoms with van der Waals surface area (Å²) in [7, 11) is 1.63. The van der Waals surface area contributed by atoms with Crippen LogP contribution >= 0.6 is 0 Å². The summed E-state index contributed by atoms with van der Waals surface area (Å²) in [5, 5.41) is 0. The number of methoxy groups -OCH3 is 1. The zero-order chi connectivity index (χ0) is 14.0. The van der Waals surface area contributed by atoms with E-state index in [4.69, 9.17) is 10.5 Å². The van der Waals surface area contributed by atoms with Crippen LogP contribution in [0.2, 0.25) is 0 Å². The van der Waals surface area contributed by atoms with Crippen LogP contribution in [-0.2, 0) is 9.53 Å². The summed E-state index contributed by atoms with van der Waals surface area (Å²) in [5.74, 6) is 0.0891. The maximum absolute atomic E-state index is 12.4. The number of fused-ring (bicyclic) bond motifs is 1. The molecule has 1 unspecified atom stereocenters. The molecule has 1 aliphatic heterocycles. The lowest BCUT2D eigenvalue weighted by atomic mass is 9.95. The minimum atomic E-state index is -0.439. The van der Waals surface area contributed by atoms with E-state index in [0.717, 1.165) is 17.7 Å². The predicted octanol–water partition coefficient (Wildman–Crippen LogP) is 2.24. The van der Waals surface area contributed by atoms with Gasteiger partial charge < -0.3 is 15.4 Å². The summed E-state index contributed by atoms with van der Waals surface area (Å²) in [4.78, 5) is 14.3. The molecule has 1 amide bonds. The minimum Gasteiger partial charge on any atom is -0.378 e. The van der Waals surface area contributed by atoms with Crippen molar-refractivity contribution in [2.24, 2.45) is 5.73 Å². The summed E-state index contributed by atoms with van der Waals surface area (Å²) in [6, 6.07) is 7.90. The van der Waals surface area contributed by atoms with Gasteiger partial charge in [-0.25, -0.2) is 0 Å². The van der Waals surface area contributed by atoms with E-state index in [-0.39, 0.29) is 11.9 Å². The summed E-state index contributed by atoms with van der Waals surface area (Å²) in [6.45, 7) is 4.52. The second-order valence-electron chi connectivity index (χ2n) is 5.64. The Balaban J connectivity index is 2.23. The Bertz CT molecular complexity index is 471. The van der Waals surface area contributed by atoms with Crippen molar-refractivity contribution in [3.63, 3.8) is 0 Å². The van der Waals surface area contributed by atoms with Crippen LogP contribution in [0, 0.1) is 0 Å². The molecule has 1 aromatic carbocycles. The third-order valence-electron chi connectivity index (χ3n) is 3.72. The first-order chi connectivity index (χ1) is 8.94. The number of para-hydroxylation sites is 1. The molecular weight excluding hydrogens is 240 g/mol. The Morgan fingerprint density at radius 3 is 2.84 bits per heavy atom. The van der Waals surface area contributed by atoms with E-state index >= 15 is 0 Å². The number of ether oxygens (including phenoxy) is 1. The first kappa shape index (κ1) is 14.0. The van der Waals surface area contributed by atoms with Crippen molar-refractivity contribution in [1.82, 2.24) is 0 Å². The third-order valence-corrected chi connectivity index (χ3v) is 3.72.